The number of pyridine rings is 1. The highest BCUT2D eigenvalue weighted by molar-refractivity contribution is 5.42. The van der Waals surface area contributed by atoms with Gasteiger partial charge in [0.05, 0.1) is 19.0 Å². The van der Waals surface area contributed by atoms with Crippen LogP contribution in [0.25, 0.3) is 5.82 Å². The second-order valence-electron chi connectivity index (χ2n) is 6.49. The van der Waals surface area contributed by atoms with E-state index in [1.54, 1.807) is 19.1 Å². The lowest BCUT2D eigenvalue weighted by atomic mass is 10.1. The Morgan fingerprint density at radius 2 is 1.97 bits per heavy atom. The van der Waals surface area contributed by atoms with Crippen molar-refractivity contribution in [3.8, 4) is 23.4 Å². The van der Waals surface area contributed by atoms with Crippen LogP contribution in [-0.4, -0.2) is 33.6 Å². The highest BCUT2D eigenvalue weighted by Crippen LogP contribution is 2.26. The molecule has 0 saturated carbocycles. The van der Waals surface area contributed by atoms with Gasteiger partial charge in [-0.05, 0) is 49.6 Å². The summed E-state index contributed by atoms with van der Waals surface area (Å²) in [6.45, 7) is 1.29. The van der Waals surface area contributed by atoms with Gasteiger partial charge in [-0.1, -0.05) is 0 Å². The summed E-state index contributed by atoms with van der Waals surface area (Å²) in [5.74, 6) is -1.30. The molecule has 0 radical (unpaired) electrons. The van der Waals surface area contributed by atoms with Crippen LogP contribution >= 0.6 is 0 Å². The Kier molecular flexibility index (Phi) is 6.59. The van der Waals surface area contributed by atoms with E-state index < -0.39 is 17.4 Å². The van der Waals surface area contributed by atoms with Crippen molar-refractivity contribution >= 4 is 0 Å². The summed E-state index contributed by atoms with van der Waals surface area (Å²) in [7, 11) is 1.51. The number of aryl methyl sites for hydroxylation is 2. The SMILES string of the molecule is COc1ccc(-n2nc(C)c(C#N)c2COc2c(F)cc(CCCO)cc2F)nc1. The van der Waals surface area contributed by atoms with E-state index in [0.717, 1.165) is 0 Å². The van der Waals surface area contributed by atoms with E-state index in [9.17, 15) is 14.0 Å². The lowest BCUT2D eigenvalue weighted by molar-refractivity contribution is 0.266. The molecule has 0 aliphatic rings. The summed E-state index contributed by atoms with van der Waals surface area (Å²) >= 11 is 0. The number of hydrogen-bond donors (Lipinski definition) is 1. The van der Waals surface area contributed by atoms with E-state index in [1.165, 1.54) is 30.1 Å². The Balaban J connectivity index is 1.91. The van der Waals surface area contributed by atoms with E-state index in [4.69, 9.17) is 14.6 Å². The average Bonchev–Trinajstić information content (AvgIpc) is 3.06. The molecule has 30 heavy (non-hydrogen) atoms. The number of halogens is 2. The molecule has 3 rings (SSSR count). The minimum absolute atomic E-state index is 0.0683. The quantitative estimate of drug-likeness (QED) is 0.608. The number of nitriles is 1. The fourth-order valence-corrected chi connectivity index (χ4v) is 2.98. The molecule has 0 spiro atoms. The van der Waals surface area contributed by atoms with Gasteiger partial charge in [-0.3, -0.25) is 0 Å². The summed E-state index contributed by atoms with van der Waals surface area (Å²) in [5.41, 5.74) is 1.42. The summed E-state index contributed by atoms with van der Waals surface area (Å²) < 4.78 is 40.7. The normalized spacial score (nSPS) is 10.7. The fourth-order valence-electron chi connectivity index (χ4n) is 2.98. The smallest absolute Gasteiger partial charge is 0.191 e. The zero-order valence-corrected chi connectivity index (χ0v) is 16.5. The number of aliphatic hydroxyl groups is 1. The van der Waals surface area contributed by atoms with Crippen molar-refractivity contribution in [3.63, 3.8) is 0 Å². The van der Waals surface area contributed by atoms with Gasteiger partial charge in [0.25, 0.3) is 0 Å². The minimum Gasteiger partial charge on any atom is -0.495 e. The maximum atomic E-state index is 14.4. The molecule has 2 heterocycles. The van der Waals surface area contributed by atoms with E-state index in [-0.39, 0.29) is 18.8 Å². The van der Waals surface area contributed by atoms with Gasteiger partial charge in [0.1, 0.15) is 29.7 Å². The molecule has 1 N–H and O–H groups in total. The Labute approximate surface area is 172 Å². The summed E-state index contributed by atoms with van der Waals surface area (Å²) in [5, 5.41) is 22.7. The van der Waals surface area contributed by atoms with Crippen LogP contribution in [0.2, 0.25) is 0 Å². The van der Waals surface area contributed by atoms with Crippen LogP contribution in [0.5, 0.6) is 11.5 Å². The Morgan fingerprint density at radius 3 is 2.53 bits per heavy atom. The van der Waals surface area contributed by atoms with Crippen LogP contribution in [-0.2, 0) is 13.0 Å². The largest absolute Gasteiger partial charge is 0.495 e. The molecule has 2 aromatic heterocycles. The zero-order valence-electron chi connectivity index (χ0n) is 16.5. The van der Waals surface area contributed by atoms with Crippen LogP contribution in [0.15, 0.2) is 30.5 Å². The number of aromatic nitrogens is 3. The predicted molar refractivity (Wildman–Crippen MR) is 103 cm³/mol. The van der Waals surface area contributed by atoms with Crippen molar-refractivity contribution in [3.05, 3.63) is 64.6 Å². The van der Waals surface area contributed by atoms with Crippen LogP contribution in [0.4, 0.5) is 8.78 Å². The van der Waals surface area contributed by atoms with Gasteiger partial charge in [0.2, 0.25) is 0 Å². The lowest BCUT2D eigenvalue weighted by Crippen LogP contribution is -2.10. The molecular formula is C21H20F2N4O3. The second-order valence-corrected chi connectivity index (χ2v) is 6.49. The molecule has 0 saturated heterocycles. The number of benzene rings is 1. The molecule has 0 aliphatic carbocycles. The van der Waals surface area contributed by atoms with Gasteiger partial charge in [0, 0.05) is 6.61 Å². The number of aliphatic hydroxyl groups excluding tert-OH is 1. The third kappa shape index (κ3) is 4.39. The molecule has 0 aliphatic heterocycles. The Morgan fingerprint density at radius 1 is 1.23 bits per heavy atom. The first-order chi connectivity index (χ1) is 14.5. The minimum atomic E-state index is -0.855. The van der Waals surface area contributed by atoms with Gasteiger partial charge < -0.3 is 14.6 Å². The zero-order chi connectivity index (χ0) is 21.7. The van der Waals surface area contributed by atoms with Crippen molar-refractivity contribution in [1.82, 2.24) is 14.8 Å². The molecule has 0 fully saturated rings. The molecular weight excluding hydrogens is 394 g/mol. The van der Waals surface area contributed by atoms with Gasteiger partial charge in [-0.2, -0.15) is 10.4 Å². The van der Waals surface area contributed by atoms with Gasteiger partial charge in [-0.15, -0.1) is 0 Å². The predicted octanol–water partition coefficient (Wildman–Crippen LogP) is 3.24. The number of hydrogen-bond acceptors (Lipinski definition) is 6. The van der Waals surface area contributed by atoms with Crippen molar-refractivity contribution < 1.29 is 23.4 Å². The molecule has 0 atom stereocenters. The second kappa shape index (κ2) is 9.33. The lowest BCUT2D eigenvalue weighted by Gasteiger charge is -2.12. The van der Waals surface area contributed by atoms with Gasteiger partial charge in [0.15, 0.2) is 23.2 Å². The van der Waals surface area contributed by atoms with Crippen LogP contribution in [0.1, 0.15) is 28.9 Å². The van der Waals surface area contributed by atoms with Crippen molar-refractivity contribution in [2.24, 2.45) is 0 Å². The fraction of sp³-hybridized carbons (Fsp3) is 0.286. The third-order valence-electron chi connectivity index (χ3n) is 4.48. The van der Waals surface area contributed by atoms with Crippen molar-refractivity contribution in [2.45, 2.75) is 26.4 Å². The molecule has 7 nitrogen and oxygen atoms in total. The van der Waals surface area contributed by atoms with Crippen LogP contribution in [0, 0.1) is 29.9 Å². The van der Waals surface area contributed by atoms with Crippen LogP contribution < -0.4 is 9.47 Å². The number of nitrogens with zero attached hydrogens (tertiary/aromatic N) is 4. The molecule has 0 unspecified atom stereocenters. The standard InChI is InChI=1S/C21H20F2N4O3/c1-13-16(10-24)19(27(26-13)20-6-5-15(29-2)11-25-20)12-30-21-17(22)8-14(4-3-7-28)9-18(21)23/h5-6,8-9,11,28H,3-4,7,12H2,1-2H3. The number of methoxy groups -OCH3 is 1. The van der Waals surface area contributed by atoms with E-state index >= 15 is 0 Å². The van der Waals surface area contributed by atoms with E-state index in [1.807, 2.05) is 6.07 Å². The average molecular weight is 414 g/mol. The number of ether oxygens (including phenoxy) is 2. The van der Waals surface area contributed by atoms with Gasteiger partial charge >= 0.3 is 0 Å². The first kappa shape index (κ1) is 21.2. The summed E-state index contributed by atoms with van der Waals surface area (Å²) in [4.78, 5) is 4.24. The summed E-state index contributed by atoms with van der Waals surface area (Å²) in [6.07, 6.45) is 2.24. The van der Waals surface area contributed by atoms with Crippen molar-refractivity contribution in [1.29, 1.82) is 5.26 Å². The molecule has 9 heteroatoms. The summed E-state index contributed by atoms with van der Waals surface area (Å²) in [6, 6.07) is 7.72. The Hall–Kier alpha value is -3.51. The molecule has 156 valence electrons. The topological polar surface area (TPSA) is 93.2 Å². The van der Waals surface area contributed by atoms with Crippen molar-refractivity contribution in [2.75, 3.05) is 13.7 Å². The Bertz CT molecular complexity index is 1050. The monoisotopic (exact) mass is 414 g/mol. The first-order valence-corrected chi connectivity index (χ1v) is 9.19. The van der Waals surface area contributed by atoms with E-state index in [0.29, 0.717) is 41.4 Å². The molecule has 0 amide bonds. The highest BCUT2D eigenvalue weighted by atomic mass is 19.1. The van der Waals surface area contributed by atoms with E-state index in [2.05, 4.69) is 10.1 Å². The van der Waals surface area contributed by atoms with Crippen LogP contribution in [0.3, 0.4) is 0 Å². The molecule has 1 aromatic carbocycles. The first-order valence-electron chi connectivity index (χ1n) is 9.19. The molecule has 0 bridgehead atoms. The third-order valence-corrected chi connectivity index (χ3v) is 4.48. The number of rotatable bonds is 8. The maximum Gasteiger partial charge on any atom is 0.191 e. The maximum absolute atomic E-state index is 14.4. The van der Waals surface area contributed by atoms with Gasteiger partial charge in [-0.25, -0.2) is 18.4 Å². The highest BCUT2D eigenvalue weighted by Gasteiger charge is 2.20. The molecule has 3 aromatic rings.